The Morgan fingerprint density at radius 3 is 2.90 bits per heavy atom. The molecule has 7 nitrogen and oxygen atoms in total. The van der Waals surface area contributed by atoms with Crippen molar-refractivity contribution in [2.75, 3.05) is 11.1 Å². The van der Waals surface area contributed by atoms with E-state index in [1.54, 1.807) is 11.4 Å². The second-order valence-corrected chi connectivity index (χ2v) is 5.63. The van der Waals surface area contributed by atoms with Crippen LogP contribution in [0.4, 0.5) is 16.5 Å². The van der Waals surface area contributed by atoms with Crippen molar-refractivity contribution in [2.24, 2.45) is 0 Å². The van der Waals surface area contributed by atoms with Gasteiger partial charge in [0.2, 0.25) is 5.91 Å². The van der Waals surface area contributed by atoms with Gasteiger partial charge >= 0.3 is 0 Å². The topological polar surface area (TPSA) is 111 Å². The Bertz CT molecular complexity index is 673. The quantitative estimate of drug-likeness (QED) is 0.645. The number of anilines is 2. The fourth-order valence-corrected chi connectivity index (χ4v) is 2.44. The Morgan fingerprint density at radius 1 is 1.55 bits per heavy atom. The maximum Gasteiger partial charge on any atom is 0.293 e. The number of amides is 1. The third-order valence-electron chi connectivity index (χ3n) is 2.34. The van der Waals surface area contributed by atoms with Crippen LogP contribution in [-0.2, 0) is 11.2 Å². The van der Waals surface area contributed by atoms with Crippen molar-refractivity contribution < 1.29 is 9.72 Å². The monoisotopic (exact) mass is 356 g/mol. The zero-order chi connectivity index (χ0) is 14.7. The van der Waals surface area contributed by atoms with E-state index in [4.69, 9.17) is 5.73 Å². The molecule has 2 rings (SSSR count). The molecule has 1 aromatic heterocycles. The van der Waals surface area contributed by atoms with E-state index in [0.29, 0.717) is 15.3 Å². The smallest absolute Gasteiger partial charge is 0.293 e. The van der Waals surface area contributed by atoms with Crippen molar-refractivity contribution in [2.45, 2.75) is 6.42 Å². The van der Waals surface area contributed by atoms with Crippen LogP contribution in [0.1, 0.15) is 5.69 Å². The second-order valence-electron chi connectivity index (χ2n) is 3.82. The van der Waals surface area contributed by atoms with Gasteiger partial charge in [-0.25, -0.2) is 4.98 Å². The number of rotatable bonds is 4. The van der Waals surface area contributed by atoms with Crippen LogP contribution in [-0.4, -0.2) is 15.8 Å². The molecule has 1 amide bonds. The molecule has 0 radical (unpaired) electrons. The predicted molar refractivity (Wildman–Crippen MR) is 79.7 cm³/mol. The molecule has 1 aromatic carbocycles. The van der Waals surface area contributed by atoms with Crippen LogP contribution in [0, 0.1) is 10.1 Å². The number of nitrogens with zero attached hydrogens (tertiary/aromatic N) is 2. The summed E-state index contributed by atoms with van der Waals surface area (Å²) >= 11 is 4.38. The van der Waals surface area contributed by atoms with Gasteiger partial charge < -0.3 is 11.1 Å². The Hall–Kier alpha value is -2.00. The van der Waals surface area contributed by atoms with E-state index in [-0.39, 0.29) is 23.7 Å². The van der Waals surface area contributed by atoms with Crippen LogP contribution in [0.5, 0.6) is 0 Å². The fourth-order valence-electron chi connectivity index (χ4n) is 1.52. The van der Waals surface area contributed by atoms with Crippen LogP contribution in [0.2, 0.25) is 0 Å². The summed E-state index contributed by atoms with van der Waals surface area (Å²) in [5.74, 6) is -0.388. The summed E-state index contributed by atoms with van der Waals surface area (Å²) in [6.07, 6.45) is 0.0148. The number of nitro benzene ring substituents is 1. The third kappa shape index (κ3) is 3.52. The maximum atomic E-state index is 11.8. The molecule has 0 aliphatic heterocycles. The number of thiazole rings is 1. The molecule has 0 spiro atoms. The van der Waals surface area contributed by atoms with Gasteiger partial charge in [0.05, 0.1) is 17.0 Å². The molecule has 2 aromatic rings. The largest absolute Gasteiger partial charge is 0.375 e. The molecule has 3 N–H and O–H groups in total. The van der Waals surface area contributed by atoms with Crippen molar-refractivity contribution in [1.29, 1.82) is 0 Å². The summed E-state index contributed by atoms with van der Waals surface area (Å²) in [5.41, 5.74) is 5.97. The highest BCUT2D eigenvalue weighted by atomic mass is 79.9. The molecule has 9 heteroatoms. The third-order valence-corrected chi connectivity index (χ3v) is 3.56. The molecule has 0 fully saturated rings. The maximum absolute atomic E-state index is 11.8. The summed E-state index contributed by atoms with van der Waals surface area (Å²) in [4.78, 5) is 26.2. The molecule has 1 heterocycles. The minimum Gasteiger partial charge on any atom is -0.375 e. The van der Waals surface area contributed by atoms with Gasteiger partial charge in [0.1, 0.15) is 5.69 Å². The molecule has 0 aliphatic carbocycles. The number of aromatic nitrogens is 1. The average Bonchev–Trinajstić information content (AvgIpc) is 2.76. The zero-order valence-electron chi connectivity index (χ0n) is 10.00. The minimum atomic E-state index is -0.554. The molecule has 104 valence electrons. The van der Waals surface area contributed by atoms with E-state index in [1.807, 2.05) is 0 Å². The molecule has 0 saturated carbocycles. The lowest BCUT2D eigenvalue weighted by atomic mass is 10.2. The highest BCUT2D eigenvalue weighted by Crippen LogP contribution is 2.28. The summed E-state index contributed by atoms with van der Waals surface area (Å²) in [6, 6.07) is 4.41. The number of hydrogen-bond acceptors (Lipinski definition) is 6. The average molecular weight is 357 g/mol. The summed E-state index contributed by atoms with van der Waals surface area (Å²) in [7, 11) is 0. The number of benzene rings is 1. The van der Waals surface area contributed by atoms with Crippen LogP contribution < -0.4 is 11.1 Å². The predicted octanol–water partition coefficient (Wildman–Crippen LogP) is 2.58. The van der Waals surface area contributed by atoms with Gasteiger partial charge in [-0.05, 0) is 12.1 Å². The van der Waals surface area contributed by atoms with E-state index in [1.165, 1.54) is 23.5 Å². The van der Waals surface area contributed by atoms with E-state index >= 15 is 0 Å². The summed E-state index contributed by atoms with van der Waals surface area (Å²) in [6.45, 7) is 0. The van der Waals surface area contributed by atoms with Gasteiger partial charge in [-0.1, -0.05) is 15.9 Å². The Kier molecular flexibility index (Phi) is 4.30. The van der Waals surface area contributed by atoms with Crippen molar-refractivity contribution in [3.63, 3.8) is 0 Å². The van der Waals surface area contributed by atoms with Gasteiger partial charge in [0, 0.05) is 15.9 Å². The van der Waals surface area contributed by atoms with Crippen molar-refractivity contribution in [1.82, 2.24) is 4.98 Å². The van der Waals surface area contributed by atoms with Gasteiger partial charge in [-0.15, -0.1) is 11.3 Å². The lowest BCUT2D eigenvalue weighted by molar-refractivity contribution is -0.384. The number of nitrogens with two attached hydrogens (primary N) is 1. The lowest BCUT2D eigenvalue weighted by Crippen LogP contribution is -2.15. The number of carbonyl (C=O) groups is 1. The number of nitrogen functional groups attached to an aromatic ring is 1. The van der Waals surface area contributed by atoms with Crippen LogP contribution in [0.3, 0.4) is 0 Å². The number of hydrogen-bond donors (Lipinski definition) is 2. The summed E-state index contributed by atoms with van der Waals surface area (Å²) in [5, 5.41) is 15.5. The first-order valence-corrected chi connectivity index (χ1v) is 7.06. The minimum absolute atomic E-state index is 0.0148. The molecule has 20 heavy (non-hydrogen) atoms. The molecule has 0 aliphatic rings. The molecule has 0 unspecified atom stereocenters. The first kappa shape index (κ1) is 14.4. The van der Waals surface area contributed by atoms with E-state index in [9.17, 15) is 14.9 Å². The number of nitro groups is 1. The van der Waals surface area contributed by atoms with Crippen molar-refractivity contribution in [3.8, 4) is 0 Å². The first-order valence-electron chi connectivity index (χ1n) is 5.39. The first-order chi connectivity index (χ1) is 9.45. The number of halogens is 1. The van der Waals surface area contributed by atoms with Crippen molar-refractivity contribution >= 4 is 49.7 Å². The van der Waals surface area contributed by atoms with Crippen LogP contribution >= 0.6 is 27.3 Å². The van der Waals surface area contributed by atoms with Crippen molar-refractivity contribution in [3.05, 3.63) is 43.9 Å². The normalized spacial score (nSPS) is 10.2. The lowest BCUT2D eigenvalue weighted by Gasteiger charge is -2.05. The number of nitrogens with one attached hydrogen (secondary N) is 1. The fraction of sp³-hybridized carbons (Fsp3) is 0.0909. The zero-order valence-corrected chi connectivity index (χ0v) is 12.4. The van der Waals surface area contributed by atoms with Gasteiger partial charge in [-0.3, -0.25) is 14.9 Å². The van der Waals surface area contributed by atoms with E-state index < -0.39 is 4.92 Å². The van der Waals surface area contributed by atoms with Gasteiger partial charge in [-0.2, -0.15) is 0 Å². The Morgan fingerprint density at radius 2 is 2.30 bits per heavy atom. The Balaban J connectivity index is 2.13. The van der Waals surface area contributed by atoms with E-state index in [2.05, 4.69) is 26.2 Å². The summed E-state index contributed by atoms with van der Waals surface area (Å²) < 4.78 is 0.564. The Labute approximate surface area is 126 Å². The highest BCUT2D eigenvalue weighted by Gasteiger charge is 2.17. The SMILES string of the molecule is Nc1nc(CC(=O)Nc2ccc(Br)cc2[N+](=O)[O-])cs1. The van der Waals surface area contributed by atoms with Gasteiger partial charge in [0.15, 0.2) is 5.13 Å². The van der Waals surface area contributed by atoms with Crippen LogP contribution in [0.15, 0.2) is 28.1 Å². The second kappa shape index (κ2) is 5.97. The molecule has 0 bridgehead atoms. The van der Waals surface area contributed by atoms with Crippen LogP contribution in [0.25, 0.3) is 0 Å². The van der Waals surface area contributed by atoms with E-state index in [0.717, 1.165) is 0 Å². The number of carbonyl (C=O) groups excluding carboxylic acids is 1. The molecule has 0 saturated heterocycles. The molecular formula is C11H9BrN4O3S. The van der Waals surface area contributed by atoms with Gasteiger partial charge in [0.25, 0.3) is 5.69 Å². The molecular weight excluding hydrogens is 348 g/mol. The highest BCUT2D eigenvalue weighted by molar-refractivity contribution is 9.10. The standard InChI is InChI=1S/C11H9BrN4O3S/c12-6-1-2-8(9(3-6)16(18)19)15-10(17)4-7-5-20-11(13)14-7/h1-3,5H,4H2,(H2,13,14)(H,15,17). The molecule has 0 atom stereocenters.